The first-order chi connectivity index (χ1) is 7.52. The average Bonchev–Trinajstić information content (AvgIpc) is 2.25. The second kappa shape index (κ2) is 8.39. The summed E-state index contributed by atoms with van der Waals surface area (Å²) in [5.41, 5.74) is 0. The quantitative estimate of drug-likeness (QED) is 0.504. The van der Waals surface area contributed by atoms with Crippen molar-refractivity contribution in [2.24, 2.45) is 0 Å². The Morgan fingerprint density at radius 3 is 2.19 bits per heavy atom. The van der Waals surface area contributed by atoms with E-state index >= 15 is 0 Å². The van der Waals surface area contributed by atoms with Gasteiger partial charge in [0.2, 0.25) is 11.8 Å². The summed E-state index contributed by atoms with van der Waals surface area (Å²) in [7, 11) is 3.38. The van der Waals surface area contributed by atoms with Crippen LogP contribution in [0.1, 0.15) is 26.2 Å². The maximum absolute atomic E-state index is 11.7. The van der Waals surface area contributed by atoms with E-state index in [2.05, 4.69) is 0 Å². The van der Waals surface area contributed by atoms with Crippen molar-refractivity contribution in [2.45, 2.75) is 26.2 Å². The predicted octanol–water partition coefficient (Wildman–Crippen LogP) is 1.33. The zero-order valence-corrected chi connectivity index (χ0v) is 11.1. The molecule has 0 spiro atoms. The molecule has 0 rings (SSSR count). The van der Waals surface area contributed by atoms with Gasteiger partial charge in [0.05, 0.1) is 6.54 Å². The highest BCUT2D eigenvalue weighted by atomic mass is 35.5. The van der Waals surface area contributed by atoms with Crippen LogP contribution in [-0.2, 0) is 9.59 Å². The van der Waals surface area contributed by atoms with Crippen molar-refractivity contribution in [2.75, 3.05) is 33.1 Å². The molecule has 0 aromatic rings. The Balaban J connectivity index is 4.06. The minimum Gasteiger partial charge on any atom is -0.347 e. The zero-order valence-electron chi connectivity index (χ0n) is 10.3. The number of amides is 2. The van der Waals surface area contributed by atoms with Crippen LogP contribution in [-0.4, -0.2) is 54.7 Å². The molecule has 5 heteroatoms. The van der Waals surface area contributed by atoms with Crippen LogP contribution in [0.15, 0.2) is 0 Å². The molecule has 4 nitrogen and oxygen atoms in total. The molecular weight excluding hydrogens is 228 g/mol. The second-order valence-corrected chi connectivity index (χ2v) is 4.22. The maximum Gasteiger partial charge on any atom is 0.241 e. The number of carbonyl (C=O) groups is 2. The Kier molecular flexibility index (Phi) is 7.99. The van der Waals surface area contributed by atoms with E-state index in [1.165, 1.54) is 4.90 Å². The molecule has 0 aliphatic heterocycles. The van der Waals surface area contributed by atoms with Crippen LogP contribution >= 0.6 is 11.6 Å². The number of rotatable bonds is 7. The second-order valence-electron chi connectivity index (χ2n) is 3.84. The monoisotopic (exact) mass is 248 g/mol. The lowest BCUT2D eigenvalue weighted by Crippen LogP contribution is -2.40. The Bertz CT molecular complexity index is 232. The van der Waals surface area contributed by atoms with Gasteiger partial charge >= 0.3 is 0 Å². The summed E-state index contributed by atoms with van der Waals surface area (Å²) in [5, 5.41) is 0. The molecule has 0 unspecified atom stereocenters. The molecule has 0 bridgehead atoms. The molecule has 94 valence electrons. The van der Waals surface area contributed by atoms with E-state index in [0.29, 0.717) is 18.8 Å². The summed E-state index contributed by atoms with van der Waals surface area (Å²) in [6, 6.07) is 0. The van der Waals surface area contributed by atoms with Crippen molar-refractivity contribution < 1.29 is 9.59 Å². The van der Waals surface area contributed by atoms with E-state index in [1.54, 1.807) is 19.0 Å². The molecule has 0 atom stereocenters. The highest BCUT2D eigenvalue weighted by molar-refractivity contribution is 6.17. The van der Waals surface area contributed by atoms with Gasteiger partial charge in [0.1, 0.15) is 0 Å². The van der Waals surface area contributed by atoms with Gasteiger partial charge in [-0.1, -0.05) is 0 Å². The van der Waals surface area contributed by atoms with Crippen LogP contribution in [0.2, 0.25) is 0 Å². The normalized spacial score (nSPS) is 10.0. The van der Waals surface area contributed by atoms with Gasteiger partial charge in [-0.3, -0.25) is 9.59 Å². The maximum atomic E-state index is 11.7. The first kappa shape index (κ1) is 15.2. The highest BCUT2D eigenvalue weighted by Crippen LogP contribution is 2.02. The third kappa shape index (κ3) is 5.95. The molecule has 2 amide bonds. The van der Waals surface area contributed by atoms with Gasteiger partial charge in [-0.2, -0.15) is 0 Å². The molecule has 16 heavy (non-hydrogen) atoms. The molecule has 0 saturated carbocycles. The number of carbonyl (C=O) groups excluding carboxylic acids is 2. The zero-order chi connectivity index (χ0) is 12.6. The third-order valence-electron chi connectivity index (χ3n) is 2.33. The Morgan fingerprint density at radius 2 is 1.75 bits per heavy atom. The lowest BCUT2D eigenvalue weighted by atomic mass is 10.2. The molecule has 0 fully saturated rings. The summed E-state index contributed by atoms with van der Waals surface area (Å²) in [4.78, 5) is 26.3. The van der Waals surface area contributed by atoms with Crippen LogP contribution in [0.3, 0.4) is 0 Å². The number of nitrogens with zero attached hydrogens (tertiary/aromatic N) is 2. The minimum atomic E-state index is -0.0486. The van der Waals surface area contributed by atoms with Crippen LogP contribution in [0.4, 0.5) is 0 Å². The van der Waals surface area contributed by atoms with E-state index in [9.17, 15) is 9.59 Å². The van der Waals surface area contributed by atoms with Gasteiger partial charge < -0.3 is 9.80 Å². The molecule has 0 aliphatic rings. The fourth-order valence-electron chi connectivity index (χ4n) is 1.21. The van der Waals surface area contributed by atoms with Crippen molar-refractivity contribution in [3.63, 3.8) is 0 Å². The summed E-state index contributed by atoms with van der Waals surface area (Å²) >= 11 is 5.54. The summed E-state index contributed by atoms with van der Waals surface area (Å²) in [5.74, 6) is 0.561. The van der Waals surface area contributed by atoms with Crippen LogP contribution in [0, 0.1) is 0 Å². The van der Waals surface area contributed by atoms with E-state index < -0.39 is 0 Å². The molecule has 0 aliphatic carbocycles. The fourth-order valence-corrected chi connectivity index (χ4v) is 1.40. The van der Waals surface area contributed by atoms with E-state index in [4.69, 9.17) is 11.6 Å². The smallest absolute Gasteiger partial charge is 0.241 e. The molecule has 0 saturated heterocycles. The first-order valence-corrected chi connectivity index (χ1v) is 6.10. The fraction of sp³-hybridized carbons (Fsp3) is 0.818. The van der Waals surface area contributed by atoms with Crippen molar-refractivity contribution in [1.82, 2.24) is 9.80 Å². The van der Waals surface area contributed by atoms with Gasteiger partial charge in [0.15, 0.2) is 0 Å². The van der Waals surface area contributed by atoms with Crippen molar-refractivity contribution in [3.05, 3.63) is 0 Å². The Hall–Kier alpha value is -0.770. The Labute approximate surface area is 103 Å². The third-order valence-corrected chi connectivity index (χ3v) is 2.60. The molecule has 0 N–H and O–H groups in total. The largest absolute Gasteiger partial charge is 0.347 e. The Morgan fingerprint density at radius 1 is 1.12 bits per heavy atom. The first-order valence-electron chi connectivity index (χ1n) is 5.56. The van der Waals surface area contributed by atoms with Gasteiger partial charge in [-0.05, 0) is 19.8 Å². The number of alkyl halides is 1. The molecule has 0 heterocycles. The van der Waals surface area contributed by atoms with Gasteiger partial charge in [0, 0.05) is 32.9 Å². The lowest BCUT2D eigenvalue weighted by Gasteiger charge is -2.22. The summed E-state index contributed by atoms with van der Waals surface area (Å²) in [6.07, 6.45) is 2.10. The number of unbranched alkanes of at least 4 members (excludes halogenated alkanes) is 1. The van der Waals surface area contributed by atoms with Crippen LogP contribution in [0.25, 0.3) is 0 Å². The highest BCUT2D eigenvalue weighted by Gasteiger charge is 2.15. The van der Waals surface area contributed by atoms with Crippen molar-refractivity contribution in [3.8, 4) is 0 Å². The van der Waals surface area contributed by atoms with Crippen molar-refractivity contribution >= 4 is 23.4 Å². The lowest BCUT2D eigenvalue weighted by molar-refractivity contribution is -0.139. The van der Waals surface area contributed by atoms with E-state index in [0.717, 1.165) is 12.8 Å². The van der Waals surface area contributed by atoms with Gasteiger partial charge in [0.25, 0.3) is 0 Å². The standard InChI is InChI=1S/C11H21ClN2O2/c1-4-14(9-11(16)13(2)3)10(15)7-5-6-8-12/h4-9H2,1-3H3. The van der Waals surface area contributed by atoms with Crippen molar-refractivity contribution in [1.29, 1.82) is 0 Å². The molecule has 0 radical (unpaired) electrons. The number of hydrogen-bond donors (Lipinski definition) is 0. The van der Waals surface area contributed by atoms with E-state index in [1.807, 2.05) is 6.92 Å². The molecular formula is C11H21ClN2O2. The van der Waals surface area contributed by atoms with E-state index in [-0.39, 0.29) is 18.4 Å². The molecule has 0 aromatic carbocycles. The number of hydrogen-bond acceptors (Lipinski definition) is 2. The van der Waals surface area contributed by atoms with Gasteiger partial charge in [-0.15, -0.1) is 11.6 Å². The van der Waals surface area contributed by atoms with Crippen LogP contribution < -0.4 is 0 Å². The summed E-state index contributed by atoms with van der Waals surface area (Å²) < 4.78 is 0. The molecule has 0 aromatic heterocycles. The SMILES string of the molecule is CCN(CC(=O)N(C)C)C(=O)CCCCCl. The summed E-state index contributed by atoms with van der Waals surface area (Å²) in [6.45, 7) is 2.62. The topological polar surface area (TPSA) is 40.6 Å². The average molecular weight is 249 g/mol. The van der Waals surface area contributed by atoms with Crippen LogP contribution in [0.5, 0.6) is 0 Å². The van der Waals surface area contributed by atoms with Gasteiger partial charge in [-0.25, -0.2) is 0 Å². The predicted molar refractivity (Wildman–Crippen MR) is 65.5 cm³/mol. The number of halogens is 1. The number of likely N-dealkylation sites (N-methyl/N-ethyl adjacent to an activating group) is 2. The minimum absolute atomic E-state index is 0.0304.